The highest BCUT2D eigenvalue weighted by atomic mass is 16.2. The number of hydrogen-bond donors (Lipinski definition) is 2. The Morgan fingerprint density at radius 1 is 1.04 bits per heavy atom. The van der Waals surface area contributed by atoms with E-state index in [4.69, 9.17) is 0 Å². The Kier molecular flexibility index (Phi) is 3.45. The van der Waals surface area contributed by atoms with E-state index in [0.717, 1.165) is 22.5 Å². The highest BCUT2D eigenvalue weighted by molar-refractivity contribution is 6.34. The first-order chi connectivity index (χ1) is 11.8. The molecule has 24 heavy (non-hydrogen) atoms. The lowest BCUT2D eigenvalue weighted by molar-refractivity contribution is -0.110. The van der Waals surface area contributed by atoms with E-state index in [9.17, 15) is 4.79 Å². The Hall–Kier alpha value is -3.58. The number of pyridine rings is 1. The minimum Gasteiger partial charge on any atom is -0.362 e. The van der Waals surface area contributed by atoms with Gasteiger partial charge in [0.2, 0.25) is 0 Å². The highest BCUT2D eigenvalue weighted by Crippen LogP contribution is 2.33. The van der Waals surface area contributed by atoms with E-state index in [0.29, 0.717) is 11.3 Å². The molecule has 0 saturated carbocycles. The second-order valence-corrected chi connectivity index (χ2v) is 5.36. The molecule has 3 heterocycles. The maximum absolute atomic E-state index is 12.2. The average molecular weight is 311 g/mol. The van der Waals surface area contributed by atoms with Gasteiger partial charge in [-0.15, -0.1) is 0 Å². The second-order valence-electron chi connectivity index (χ2n) is 5.36. The van der Waals surface area contributed by atoms with Crippen molar-refractivity contribution in [3.63, 3.8) is 0 Å². The molecule has 0 unspecified atom stereocenters. The first-order valence-electron chi connectivity index (χ1n) is 7.53. The summed E-state index contributed by atoms with van der Waals surface area (Å²) in [6.07, 6.45) is 5.39. The van der Waals surface area contributed by atoms with Gasteiger partial charge in [-0.05, 0) is 54.5 Å². The van der Waals surface area contributed by atoms with Crippen molar-refractivity contribution in [1.29, 1.82) is 0 Å². The van der Waals surface area contributed by atoms with Crippen LogP contribution in [0.4, 0.5) is 5.69 Å². The standard InChI is InChI=1S/C20H13N3O/c24-20-18(13-16-5-3-11-22-16)17-12-14(7-9-19(17)23-20)6-8-15-4-1-2-10-21-15/h1-5,7,9-13,22H,(H,23,24)/b18-13-. The fourth-order valence-corrected chi connectivity index (χ4v) is 2.57. The summed E-state index contributed by atoms with van der Waals surface area (Å²) in [5, 5.41) is 2.88. The van der Waals surface area contributed by atoms with Crippen molar-refractivity contribution >= 4 is 23.2 Å². The molecule has 3 aromatic rings. The minimum atomic E-state index is -0.102. The van der Waals surface area contributed by atoms with Crippen molar-refractivity contribution in [2.75, 3.05) is 5.32 Å². The van der Waals surface area contributed by atoms with Crippen LogP contribution < -0.4 is 5.32 Å². The van der Waals surface area contributed by atoms with Gasteiger partial charge in [-0.1, -0.05) is 12.0 Å². The second kappa shape index (κ2) is 5.90. The molecule has 0 bridgehead atoms. The highest BCUT2D eigenvalue weighted by Gasteiger charge is 2.24. The van der Waals surface area contributed by atoms with Crippen LogP contribution in [-0.4, -0.2) is 15.9 Å². The van der Waals surface area contributed by atoms with Gasteiger partial charge in [0.05, 0.1) is 5.57 Å². The summed E-state index contributed by atoms with van der Waals surface area (Å²) in [6.45, 7) is 0. The molecule has 1 amide bonds. The molecule has 4 nitrogen and oxygen atoms in total. The van der Waals surface area contributed by atoms with Crippen molar-refractivity contribution in [2.24, 2.45) is 0 Å². The average Bonchev–Trinajstić information content (AvgIpc) is 3.23. The number of fused-ring (bicyclic) bond motifs is 1. The summed E-state index contributed by atoms with van der Waals surface area (Å²) in [4.78, 5) is 19.5. The van der Waals surface area contributed by atoms with Gasteiger partial charge in [0, 0.05) is 34.9 Å². The van der Waals surface area contributed by atoms with Gasteiger partial charge in [-0.2, -0.15) is 0 Å². The van der Waals surface area contributed by atoms with E-state index < -0.39 is 0 Å². The van der Waals surface area contributed by atoms with Crippen LogP contribution >= 0.6 is 0 Å². The number of carbonyl (C=O) groups is 1. The van der Waals surface area contributed by atoms with Crippen molar-refractivity contribution < 1.29 is 4.79 Å². The van der Waals surface area contributed by atoms with Crippen molar-refractivity contribution in [2.45, 2.75) is 0 Å². The predicted octanol–water partition coefficient (Wildman–Crippen LogP) is 3.30. The van der Waals surface area contributed by atoms with E-state index in [-0.39, 0.29) is 5.91 Å². The topological polar surface area (TPSA) is 57.8 Å². The number of nitrogens with zero attached hydrogens (tertiary/aromatic N) is 1. The van der Waals surface area contributed by atoms with Crippen LogP contribution in [0.3, 0.4) is 0 Å². The number of H-pyrrole nitrogens is 1. The zero-order chi connectivity index (χ0) is 16.4. The van der Waals surface area contributed by atoms with Gasteiger partial charge in [0.25, 0.3) is 5.91 Å². The van der Waals surface area contributed by atoms with Crippen LogP contribution in [-0.2, 0) is 4.79 Å². The Balaban J connectivity index is 1.72. The Morgan fingerprint density at radius 2 is 2.00 bits per heavy atom. The molecule has 1 aromatic carbocycles. The molecule has 0 spiro atoms. The molecule has 0 saturated heterocycles. The quantitative estimate of drug-likeness (QED) is 0.535. The van der Waals surface area contributed by atoms with Crippen molar-refractivity contribution in [3.8, 4) is 11.8 Å². The van der Waals surface area contributed by atoms with Gasteiger partial charge in [0.15, 0.2) is 0 Å². The molecular weight excluding hydrogens is 298 g/mol. The Bertz CT molecular complexity index is 990. The lowest BCUT2D eigenvalue weighted by atomic mass is 10.0. The number of aromatic nitrogens is 2. The maximum Gasteiger partial charge on any atom is 0.256 e. The largest absolute Gasteiger partial charge is 0.362 e. The molecule has 0 fully saturated rings. The SMILES string of the molecule is O=C1Nc2ccc(C#Cc3ccccn3)cc2/C1=C/c1ccc[nH]1. The first-order valence-corrected chi connectivity index (χ1v) is 7.53. The summed E-state index contributed by atoms with van der Waals surface area (Å²) in [5.41, 5.74) is 4.75. The lowest BCUT2D eigenvalue weighted by Gasteiger charge is -1.99. The van der Waals surface area contributed by atoms with Crippen LogP contribution in [0.15, 0.2) is 60.9 Å². The van der Waals surface area contributed by atoms with E-state index in [1.165, 1.54) is 0 Å². The smallest absolute Gasteiger partial charge is 0.256 e. The van der Waals surface area contributed by atoms with E-state index in [2.05, 4.69) is 27.1 Å². The number of nitrogens with one attached hydrogen (secondary N) is 2. The molecule has 2 aromatic heterocycles. The molecule has 4 heteroatoms. The molecule has 0 atom stereocenters. The van der Waals surface area contributed by atoms with Crippen molar-refractivity contribution in [1.82, 2.24) is 9.97 Å². The summed E-state index contributed by atoms with van der Waals surface area (Å²) in [5.74, 6) is 6.03. The summed E-state index contributed by atoms with van der Waals surface area (Å²) in [7, 11) is 0. The predicted molar refractivity (Wildman–Crippen MR) is 94.0 cm³/mol. The van der Waals surface area contributed by atoms with E-state index in [1.807, 2.05) is 60.8 Å². The molecule has 4 rings (SSSR count). The number of rotatable bonds is 1. The van der Waals surface area contributed by atoms with Gasteiger partial charge in [-0.3, -0.25) is 4.79 Å². The van der Waals surface area contributed by atoms with Crippen LogP contribution in [0.2, 0.25) is 0 Å². The third-order valence-corrected chi connectivity index (χ3v) is 3.72. The first kappa shape index (κ1) is 14.0. The third kappa shape index (κ3) is 2.71. The zero-order valence-electron chi connectivity index (χ0n) is 12.7. The van der Waals surface area contributed by atoms with Gasteiger partial charge >= 0.3 is 0 Å². The maximum atomic E-state index is 12.2. The number of anilines is 1. The Morgan fingerprint density at radius 3 is 2.79 bits per heavy atom. The van der Waals surface area contributed by atoms with E-state index in [1.54, 1.807) is 6.20 Å². The number of amides is 1. The normalized spacial score (nSPS) is 14.0. The molecule has 2 N–H and O–H groups in total. The van der Waals surface area contributed by atoms with Crippen LogP contribution in [0.1, 0.15) is 22.5 Å². The zero-order valence-corrected chi connectivity index (χ0v) is 12.7. The number of hydrogen-bond acceptors (Lipinski definition) is 2. The fourth-order valence-electron chi connectivity index (χ4n) is 2.57. The summed E-state index contributed by atoms with van der Waals surface area (Å²) >= 11 is 0. The van der Waals surface area contributed by atoms with Crippen LogP contribution in [0, 0.1) is 11.8 Å². The number of benzene rings is 1. The third-order valence-electron chi connectivity index (χ3n) is 3.72. The molecule has 1 aliphatic rings. The summed E-state index contributed by atoms with van der Waals surface area (Å²) in [6, 6.07) is 15.1. The van der Waals surface area contributed by atoms with Crippen LogP contribution in [0.5, 0.6) is 0 Å². The number of aromatic amines is 1. The van der Waals surface area contributed by atoms with Crippen LogP contribution in [0.25, 0.3) is 11.6 Å². The molecule has 1 aliphatic heterocycles. The lowest BCUT2D eigenvalue weighted by Crippen LogP contribution is -2.03. The Labute approximate surface area is 139 Å². The number of carbonyl (C=O) groups excluding carboxylic acids is 1. The van der Waals surface area contributed by atoms with Gasteiger partial charge in [-0.25, -0.2) is 4.98 Å². The molecule has 0 aliphatic carbocycles. The minimum absolute atomic E-state index is 0.102. The van der Waals surface area contributed by atoms with Crippen molar-refractivity contribution in [3.05, 3.63) is 83.4 Å². The molecular formula is C20H13N3O. The fraction of sp³-hybridized carbons (Fsp3) is 0. The van der Waals surface area contributed by atoms with Gasteiger partial charge in [0.1, 0.15) is 5.69 Å². The molecule has 0 radical (unpaired) electrons. The van der Waals surface area contributed by atoms with Gasteiger partial charge < -0.3 is 10.3 Å². The monoisotopic (exact) mass is 311 g/mol. The summed E-state index contributed by atoms with van der Waals surface area (Å²) < 4.78 is 0. The molecule has 114 valence electrons. The van der Waals surface area contributed by atoms with E-state index >= 15 is 0 Å².